The third kappa shape index (κ3) is 2.77. The molecule has 1 unspecified atom stereocenters. The number of carbonyl (C=O) groups is 1. The first kappa shape index (κ1) is 11.5. The number of hydrogen-bond acceptors (Lipinski definition) is 3. The van der Waals surface area contributed by atoms with Crippen LogP contribution in [-0.4, -0.2) is 23.4 Å². The van der Waals surface area contributed by atoms with E-state index >= 15 is 0 Å². The number of fused-ring (bicyclic) bond motifs is 1. The summed E-state index contributed by atoms with van der Waals surface area (Å²) >= 11 is 1.88. The molecule has 4 heteroatoms. The Bertz CT molecular complexity index is 381. The lowest BCUT2D eigenvalue weighted by molar-refractivity contribution is -0.136. The second-order valence-corrected chi connectivity index (χ2v) is 4.96. The predicted molar refractivity (Wildman–Crippen MR) is 64.8 cm³/mol. The average Bonchev–Trinajstić information content (AvgIpc) is 2.29. The molecule has 1 aromatic rings. The standard InChI is InChI=1S/C12H15NO2S/c14-12(15)5-7-13-10-6-8-16-11-4-2-1-3-9(10)11/h1-4,10,13H,5-8H2,(H,14,15). The van der Waals surface area contributed by atoms with Crippen LogP contribution in [0.3, 0.4) is 0 Å². The quantitative estimate of drug-likeness (QED) is 0.843. The Morgan fingerprint density at radius 1 is 1.50 bits per heavy atom. The summed E-state index contributed by atoms with van der Waals surface area (Å²) in [7, 11) is 0. The molecule has 1 aromatic carbocycles. The lowest BCUT2D eigenvalue weighted by atomic mass is 10.0. The fourth-order valence-electron chi connectivity index (χ4n) is 1.91. The van der Waals surface area contributed by atoms with E-state index in [9.17, 15) is 4.79 Å². The van der Waals surface area contributed by atoms with Crippen LogP contribution < -0.4 is 5.32 Å². The van der Waals surface area contributed by atoms with Crippen molar-refractivity contribution in [2.75, 3.05) is 12.3 Å². The maximum absolute atomic E-state index is 10.4. The van der Waals surface area contributed by atoms with Gasteiger partial charge in [-0.25, -0.2) is 0 Å². The highest BCUT2D eigenvalue weighted by Gasteiger charge is 2.19. The fraction of sp³-hybridized carbons (Fsp3) is 0.417. The zero-order valence-corrected chi connectivity index (χ0v) is 9.80. The van der Waals surface area contributed by atoms with Crippen molar-refractivity contribution in [1.82, 2.24) is 5.32 Å². The Balaban J connectivity index is 1.99. The van der Waals surface area contributed by atoms with Gasteiger partial charge >= 0.3 is 5.97 Å². The van der Waals surface area contributed by atoms with Gasteiger partial charge in [-0.2, -0.15) is 0 Å². The number of benzene rings is 1. The summed E-state index contributed by atoms with van der Waals surface area (Å²) in [6, 6.07) is 8.66. The van der Waals surface area contributed by atoms with E-state index in [4.69, 9.17) is 5.11 Å². The van der Waals surface area contributed by atoms with Crippen molar-refractivity contribution in [2.45, 2.75) is 23.8 Å². The van der Waals surface area contributed by atoms with Gasteiger partial charge in [0.1, 0.15) is 0 Å². The maximum atomic E-state index is 10.4. The largest absolute Gasteiger partial charge is 0.481 e. The molecule has 0 fully saturated rings. The van der Waals surface area contributed by atoms with E-state index in [-0.39, 0.29) is 6.42 Å². The van der Waals surface area contributed by atoms with Gasteiger partial charge in [-0.1, -0.05) is 18.2 Å². The molecule has 2 rings (SSSR count). The molecule has 2 N–H and O–H groups in total. The van der Waals surface area contributed by atoms with E-state index in [1.165, 1.54) is 10.5 Å². The molecule has 86 valence electrons. The molecule has 1 aliphatic rings. The van der Waals surface area contributed by atoms with Gasteiger partial charge in [-0.3, -0.25) is 4.79 Å². The van der Waals surface area contributed by atoms with Crippen LogP contribution in [0, 0.1) is 0 Å². The number of nitrogens with one attached hydrogen (secondary N) is 1. The van der Waals surface area contributed by atoms with Crippen LogP contribution in [-0.2, 0) is 4.79 Å². The number of aliphatic carboxylic acids is 1. The van der Waals surface area contributed by atoms with Crippen LogP contribution in [0.25, 0.3) is 0 Å². The molecule has 1 aliphatic heterocycles. The molecule has 0 aliphatic carbocycles. The summed E-state index contributed by atoms with van der Waals surface area (Å²) in [5, 5.41) is 11.9. The Morgan fingerprint density at radius 3 is 3.12 bits per heavy atom. The van der Waals surface area contributed by atoms with E-state index in [0.29, 0.717) is 12.6 Å². The van der Waals surface area contributed by atoms with E-state index in [1.807, 2.05) is 23.9 Å². The highest BCUT2D eigenvalue weighted by molar-refractivity contribution is 7.99. The Labute approximate surface area is 99.2 Å². The summed E-state index contributed by atoms with van der Waals surface area (Å²) in [4.78, 5) is 11.8. The molecule has 0 saturated carbocycles. The lowest BCUT2D eigenvalue weighted by Crippen LogP contribution is -2.26. The van der Waals surface area contributed by atoms with Crippen LogP contribution >= 0.6 is 11.8 Å². The van der Waals surface area contributed by atoms with Crippen LogP contribution in [0.2, 0.25) is 0 Å². The van der Waals surface area contributed by atoms with Gasteiger partial charge in [0.25, 0.3) is 0 Å². The molecule has 0 aromatic heterocycles. The van der Waals surface area contributed by atoms with Crippen molar-refractivity contribution in [2.24, 2.45) is 0 Å². The second-order valence-electron chi connectivity index (χ2n) is 3.83. The maximum Gasteiger partial charge on any atom is 0.304 e. The van der Waals surface area contributed by atoms with Crippen molar-refractivity contribution in [3.63, 3.8) is 0 Å². The average molecular weight is 237 g/mol. The Morgan fingerprint density at radius 2 is 2.31 bits per heavy atom. The highest BCUT2D eigenvalue weighted by atomic mass is 32.2. The third-order valence-corrected chi connectivity index (χ3v) is 3.81. The molecule has 0 spiro atoms. The van der Waals surface area contributed by atoms with E-state index in [0.717, 1.165) is 12.2 Å². The number of carboxylic acids is 1. The lowest BCUT2D eigenvalue weighted by Gasteiger charge is -2.25. The summed E-state index contributed by atoms with van der Waals surface area (Å²) in [6.07, 6.45) is 1.26. The zero-order valence-electron chi connectivity index (χ0n) is 8.98. The number of hydrogen-bond donors (Lipinski definition) is 2. The first-order valence-corrected chi connectivity index (χ1v) is 6.43. The van der Waals surface area contributed by atoms with Gasteiger partial charge in [-0.05, 0) is 23.8 Å². The fourth-order valence-corrected chi connectivity index (χ4v) is 3.03. The minimum absolute atomic E-state index is 0.186. The van der Waals surface area contributed by atoms with Crippen LogP contribution in [0.5, 0.6) is 0 Å². The third-order valence-electron chi connectivity index (χ3n) is 2.69. The topological polar surface area (TPSA) is 49.3 Å². The first-order chi connectivity index (χ1) is 7.77. The molecule has 0 bridgehead atoms. The summed E-state index contributed by atoms with van der Waals surface area (Å²) < 4.78 is 0. The van der Waals surface area contributed by atoms with Gasteiger partial charge in [0, 0.05) is 17.5 Å². The number of rotatable bonds is 4. The van der Waals surface area contributed by atoms with Gasteiger partial charge < -0.3 is 10.4 Å². The van der Waals surface area contributed by atoms with Gasteiger partial charge in [0.2, 0.25) is 0 Å². The SMILES string of the molecule is O=C(O)CCNC1CCSc2ccccc21. The summed E-state index contributed by atoms with van der Waals surface area (Å²) in [5.74, 6) is 0.354. The summed E-state index contributed by atoms with van der Waals surface area (Å²) in [5.41, 5.74) is 1.31. The first-order valence-electron chi connectivity index (χ1n) is 5.44. The molecule has 0 radical (unpaired) electrons. The van der Waals surface area contributed by atoms with E-state index in [2.05, 4.69) is 17.4 Å². The molecule has 1 atom stereocenters. The minimum atomic E-state index is -0.744. The molecular weight excluding hydrogens is 222 g/mol. The van der Waals surface area contributed by atoms with Gasteiger partial charge in [0.15, 0.2) is 0 Å². The van der Waals surface area contributed by atoms with Crippen molar-refractivity contribution >= 4 is 17.7 Å². The molecular formula is C12H15NO2S. The van der Waals surface area contributed by atoms with Gasteiger partial charge in [-0.15, -0.1) is 11.8 Å². The van der Waals surface area contributed by atoms with E-state index < -0.39 is 5.97 Å². The van der Waals surface area contributed by atoms with Crippen molar-refractivity contribution in [1.29, 1.82) is 0 Å². The molecule has 0 amide bonds. The minimum Gasteiger partial charge on any atom is -0.481 e. The Kier molecular flexibility index (Phi) is 3.85. The van der Waals surface area contributed by atoms with Crippen LogP contribution in [0.15, 0.2) is 29.2 Å². The number of thioether (sulfide) groups is 1. The van der Waals surface area contributed by atoms with Crippen LogP contribution in [0.1, 0.15) is 24.4 Å². The smallest absolute Gasteiger partial charge is 0.304 e. The van der Waals surface area contributed by atoms with Crippen molar-refractivity contribution < 1.29 is 9.90 Å². The highest BCUT2D eigenvalue weighted by Crippen LogP contribution is 2.35. The summed E-state index contributed by atoms with van der Waals surface area (Å²) in [6.45, 7) is 0.541. The molecule has 0 saturated heterocycles. The van der Waals surface area contributed by atoms with Crippen molar-refractivity contribution in [3.8, 4) is 0 Å². The number of carboxylic acid groups (broad SMARTS) is 1. The van der Waals surface area contributed by atoms with Gasteiger partial charge in [0.05, 0.1) is 6.42 Å². The zero-order chi connectivity index (χ0) is 11.4. The van der Waals surface area contributed by atoms with Crippen molar-refractivity contribution in [3.05, 3.63) is 29.8 Å². The molecule has 16 heavy (non-hydrogen) atoms. The normalized spacial score (nSPS) is 19.1. The Hall–Kier alpha value is -1.00. The monoisotopic (exact) mass is 237 g/mol. The predicted octanol–water partition coefficient (Wildman–Crippen LogP) is 2.29. The molecule has 1 heterocycles. The molecule has 3 nitrogen and oxygen atoms in total. The van der Waals surface area contributed by atoms with E-state index in [1.54, 1.807) is 0 Å². The van der Waals surface area contributed by atoms with Crippen LogP contribution in [0.4, 0.5) is 0 Å². The second kappa shape index (κ2) is 5.37.